The van der Waals surface area contributed by atoms with E-state index in [1.807, 2.05) is 13.0 Å². The van der Waals surface area contributed by atoms with Crippen LogP contribution in [0.15, 0.2) is 72.9 Å². The zero-order valence-corrected chi connectivity index (χ0v) is 58.1. The van der Waals surface area contributed by atoms with Crippen LogP contribution < -0.4 is 0 Å². The maximum absolute atomic E-state index is 12.4. The fourth-order valence-corrected chi connectivity index (χ4v) is 10.0. The van der Waals surface area contributed by atoms with Crippen molar-refractivity contribution in [2.75, 3.05) is 26.4 Å². The third-order valence-electron chi connectivity index (χ3n) is 14.6. The van der Waals surface area contributed by atoms with E-state index in [2.05, 4.69) is 96.7 Å². The number of allylic oxidation sites excluding steroid dienone is 12. The molecule has 0 fully saturated rings. The predicted molar refractivity (Wildman–Crippen MR) is 363 cm³/mol. The number of phosphoric ester groups is 2. The molecule has 0 aromatic rings. The summed E-state index contributed by atoms with van der Waals surface area (Å²) in [6, 6.07) is 0. The molecule has 0 saturated carbocycles. The van der Waals surface area contributed by atoms with Gasteiger partial charge in [-0.2, -0.15) is 0 Å². The summed E-state index contributed by atoms with van der Waals surface area (Å²) in [5, 5.41) is 0. The fraction of sp³-hybridized carbons (Fsp3) is 0.775. The minimum Gasteiger partial charge on any atom is -0.462 e. The topological polar surface area (TPSA) is 239 Å². The summed E-state index contributed by atoms with van der Waals surface area (Å²) in [5.41, 5.74) is 0. The molecule has 0 rings (SSSR count). The third kappa shape index (κ3) is 75.2. The van der Waals surface area contributed by atoms with Gasteiger partial charge < -0.3 is 38.5 Å². The normalized spacial score (nSPS) is 12.9. The summed E-state index contributed by atoms with van der Waals surface area (Å²) in [6.07, 6.45) is 70.4. The zero-order valence-electron chi connectivity index (χ0n) is 56.3. The highest BCUT2D eigenvalue weighted by Gasteiger charge is 2.24. The highest BCUT2D eigenvalue weighted by atomic mass is 31.2. The first kappa shape index (κ1) is 87.6. The number of phosphoric acid groups is 2. The second kappa shape index (κ2) is 67.4. The van der Waals surface area contributed by atoms with Gasteiger partial charge >= 0.3 is 39.5 Å². The van der Waals surface area contributed by atoms with Crippen LogP contribution in [-0.4, -0.2) is 82.1 Å². The summed E-state index contributed by atoms with van der Waals surface area (Å²) < 4.78 is 52.4. The van der Waals surface area contributed by atoms with Crippen molar-refractivity contribution in [3.8, 4) is 0 Å². The third-order valence-corrected chi connectivity index (χ3v) is 15.6. The Labute approximate surface area is 541 Å². The molecule has 0 saturated heterocycles. The maximum Gasteiger partial charge on any atom is 0.469 e. The smallest absolute Gasteiger partial charge is 0.462 e. The molecule has 0 spiro atoms. The van der Waals surface area contributed by atoms with Crippen molar-refractivity contribution in [1.29, 1.82) is 0 Å². The zero-order chi connectivity index (χ0) is 65.8. The molecule has 0 bridgehead atoms. The lowest BCUT2D eigenvalue weighted by molar-refractivity contribution is -0.161. The molecule has 0 aliphatic rings. The summed E-state index contributed by atoms with van der Waals surface area (Å²) in [7, 11) is -9.50. The van der Waals surface area contributed by atoms with Crippen molar-refractivity contribution in [3.05, 3.63) is 72.9 Å². The Morgan fingerprint density at radius 3 is 0.820 bits per heavy atom. The average Bonchev–Trinajstić information content (AvgIpc) is 3.68. The van der Waals surface area contributed by atoms with Crippen LogP contribution >= 0.6 is 15.6 Å². The van der Waals surface area contributed by atoms with Crippen molar-refractivity contribution < 1.29 is 75.9 Å². The Balaban J connectivity index is 0. The molecule has 18 heteroatoms. The first-order chi connectivity index (χ1) is 43.1. The van der Waals surface area contributed by atoms with Gasteiger partial charge in [0.1, 0.15) is 13.2 Å². The van der Waals surface area contributed by atoms with Crippen LogP contribution in [0.4, 0.5) is 0 Å². The molecule has 0 aromatic carbocycles. The average molecular weight is 1300 g/mol. The van der Waals surface area contributed by atoms with Crippen LogP contribution in [0.3, 0.4) is 0 Å². The molecule has 0 amide bonds. The summed E-state index contributed by atoms with van der Waals surface area (Å²) >= 11 is 0. The van der Waals surface area contributed by atoms with Crippen LogP contribution in [0.1, 0.15) is 317 Å². The Kier molecular flexibility index (Phi) is 66.4. The SMILES string of the molecule is C/C=C/CCCCCCCC(=O)O[C@H](COC(=O)CCCCCCC/C=C/C/C=C/CCCCC)COP(=O)(O)O.CCCCC/C=C\CCCCCCCCCCC(=O)OC[C@H](COP(=O)(O)O)OC(=O)CCCCCCC/C=C/C/C=C/CCCCC. The second-order valence-corrected chi connectivity index (χ2v) is 25.8. The van der Waals surface area contributed by atoms with E-state index < -0.39 is 64.9 Å². The van der Waals surface area contributed by atoms with E-state index in [1.54, 1.807) is 0 Å². The first-order valence-electron chi connectivity index (χ1n) is 35.0. The molecule has 0 heterocycles. The molecule has 0 aliphatic heterocycles. The molecule has 0 unspecified atom stereocenters. The molecule has 0 aromatic heterocycles. The molecule has 16 nitrogen and oxygen atoms in total. The van der Waals surface area contributed by atoms with Gasteiger partial charge in [0, 0.05) is 25.7 Å². The van der Waals surface area contributed by atoms with Gasteiger partial charge in [0.05, 0.1) is 13.2 Å². The minimum absolute atomic E-state index is 0.195. The van der Waals surface area contributed by atoms with Crippen LogP contribution in [0, 0.1) is 0 Å². The van der Waals surface area contributed by atoms with Gasteiger partial charge in [-0.05, 0) is 135 Å². The number of ether oxygens (including phenoxy) is 4. The van der Waals surface area contributed by atoms with E-state index in [9.17, 15) is 28.3 Å². The van der Waals surface area contributed by atoms with E-state index in [0.717, 1.165) is 135 Å². The summed E-state index contributed by atoms with van der Waals surface area (Å²) in [5.74, 6) is -1.83. The number of rotatable bonds is 63. The van der Waals surface area contributed by atoms with E-state index in [1.165, 1.54) is 109 Å². The lowest BCUT2D eigenvalue weighted by Gasteiger charge is -2.18. The monoisotopic (exact) mass is 1300 g/mol. The number of carbonyl (C=O) groups excluding carboxylic acids is 4. The van der Waals surface area contributed by atoms with Crippen molar-refractivity contribution in [2.45, 2.75) is 329 Å². The van der Waals surface area contributed by atoms with Crippen molar-refractivity contribution in [2.24, 2.45) is 0 Å². The number of hydrogen-bond acceptors (Lipinski definition) is 12. The highest BCUT2D eigenvalue weighted by Crippen LogP contribution is 2.37. The van der Waals surface area contributed by atoms with Gasteiger partial charge in [0.15, 0.2) is 12.2 Å². The Morgan fingerprint density at radius 2 is 0.551 bits per heavy atom. The van der Waals surface area contributed by atoms with Gasteiger partial charge in [0.25, 0.3) is 0 Å². The summed E-state index contributed by atoms with van der Waals surface area (Å²) in [4.78, 5) is 85.0. The molecular formula is C71H128O16P2. The number of unbranched alkanes of at least 4 members (excludes halogenated alkanes) is 32. The van der Waals surface area contributed by atoms with Gasteiger partial charge in [-0.1, -0.05) is 229 Å². The van der Waals surface area contributed by atoms with Gasteiger partial charge in [0.2, 0.25) is 0 Å². The van der Waals surface area contributed by atoms with Crippen molar-refractivity contribution >= 4 is 39.5 Å². The largest absolute Gasteiger partial charge is 0.469 e. The quantitative estimate of drug-likeness (QED) is 0.0146. The van der Waals surface area contributed by atoms with E-state index in [0.29, 0.717) is 19.3 Å². The van der Waals surface area contributed by atoms with Gasteiger partial charge in [-0.25, -0.2) is 9.13 Å². The number of carbonyl (C=O) groups is 4. The molecule has 89 heavy (non-hydrogen) atoms. The predicted octanol–water partition coefficient (Wildman–Crippen LogP) is 20.1. The van der Waals surface area contributed by atoms with Crippen molar-refractivity contribution in [3.63, 3.8) is 0 Å². The molecule has 4 N–H and O–H groups in total. The van der Waals surface area contributed by atoms with E-state index in [-0.39, 0.29) is 38.9 Å². The Bertz CT molecular complexity index is 1920. The lowest BCUT2D eigenvalue weighted by atomic mass is 10.1. The first-order valence-corrected chi connectivity index (χ1v) is 38.1. The number of esters is 4. The summed E-state index contributed by atoms with van der Waals surface area (Å²) in [6.45, 7) is 7.00. The van der Waals surface area contributed by atoms with Crippen LogP contribution in [0.5, 0.6) is 0 Å². The maximum atomic E-state index is 12.4. The number of hydrogen-bond donors (Lipinski definition) is 4. The lowest BCUT2D eigenvalue weighted by Crippen LogP contribution is -2.29. The standard InChI is InChI=1S/C39H71O8P.C32H57O8P/c1-3-5-7-9-11-13-15-17-19-21-23-25-27-29-31-33-38(40)45-35-37(36-46-48(42,43)44)47-39(41)34-32-30-28-26-24-22-20-18-16-14-12-10-8-6-4-2;1-3-5-7-9-11-13-14-15-16-17-18-19-21-22-24-26-31(33)38-28-30(29-39-41(35,36)37)40-32(34)27-25-23-20-12-10-8-6-4-2/h11-14,18,20,37H,3-10,15-17,19,21-36H2,1-2H3,(H2,42,43,44);4,6,11,13,15-16,30H,3,5,7-10,12,14,17-29H2,1-2H3,(H2,35,36,37)/b13-11-,14-12+,20-18+;6-4+,13-11+,16-15+/t37-;30-/m11/s1. The Hall–Kier alpha value is -3.46. The molecule has 0 radical (unpaired) electrons. The molecule has 0 aliphatic carbocycles. The van der Waals surface area contributed by atoms with Crippen LogP contribution in [-0.2, 0) is 56.3 Å². The van der Waals surface area contributed by atoms with Gasteiger partial charge in [-0.15, -0.1) is 0 Å². The van der Waals surface area contributed by atoms with Crippen molar-refractivity contribution in [1.82, 2.24) is 0 Å². The van der Waals surface area contributed by atoms with E-state index >= 15 is 0 Å². The molecule has 518 valence electrons. The van der Waals surface area contributed by atoms with Gasteiger partial charge in [-0.3, -0.25) is 28.2 Å². The van der Waals surface area contributed by atoms with E-state index in [4.69, 9.17) is 38.5 Å². The second-order valence-electron chi connectivity index (χ2n) is 23.3. The highest BCUT2D eigenvalue weighted by molar-refractivity contribution is 7.46. The minimum atomic E-state index is -4.75. The van der Waals surface area contributed by atoms with Crippen LogP contribution in [0.2, 0.25) is 0 Å². The van der Waals surface area contributed by atoms with Crippen LogP contribution in [0.25, 0.3) is 0 Å². The molecule has 2 atom stereocenters. The molecular weight excluding hydrogens is 1170 g/mol. The Morgan fingerprint density at radius 1 is 0.315 bits per heavy atom. The fourth-order valence-electron chi connectivity index (χ4n) is 9.33.